The monoisotopic (exact) mass is 536 g/mol. The van der Waals surface area contributed by atoms with E-state index in [0.29, 0.717) is 59.5 Å². The molecule has 0 bridgehead atoms. The van der Waals surface area contributed by atoms with Gasteiger partial charge in [-0.05, 0) is 44.4 Å². The molecule has 0 saturated carbocycles. The van der Waals surface area contributed by atoms with Gasteiger partial charge >= 0.3 is 12.0 Å². The topological polar surface area (TPSA) is 99.3 Å². The predicted molar refractivity (Wildman–Crippen MR) is 134 cm³/mol. The molecular formula is C25H30Cl2N4O5. The summed E-state index contributed by atoms with van der Waals surface area (Å²) in [4.78, 5) is 56.2. The van der Waals surface area contributed by atoms with Gasteiger partial charge in [0.25, 0.3) is 5.91 Å². The zero-order valence-corrected chi connectivity index (χ0v) is 21.9. The first kappa shape index (κ1) is 26.3. The number of hydrogen-bond acceptors (Lipinski definition) is 5. The number of carbonyl (C=O) groups is 4. The van der Waals surface area contributed by atoms with Crippen LogP contribution in [0.25, 0.3) is 0 Å². The third-order valence-corrected chi connectivity index (χ3v) is 7.44. The van der Waals surface area contributed by atoms with Crippen LogP contribution in [0.15, 0.2) is 29.5 Å². The van der Waals surface area contributed by atoms with Crippen molar-refractivity contribution in [3.8, 4) is 0 Å². The molecule has 1 aromatic rings. The SMILES string of the molecule is CCOC(=O)[C@H]1CCCN(C(=O)CCN2CC3=C(C2=O)[C@@H](c2ccc(Cl)cc2Cl)NC(=O)N3CC)C1. The van der Waals surface area contributed by atoms with Crippen molar-refractivity contribution in [2.24, 2.45) is 5.92 Å². The molecule has 1 aromatic carbocycles. The summed E-state index contributed by atoms with van der Waals surface area (Å²) in [6.45, 7) is 5.66. The fraction of sp³-hybridized carbons (Fsp3) is 0.520. The van der Waals surface area contributed by atoms with Gasteiger partial charge in [0.1, 0.15) is 0 Å². The first-order chi connectivity index (χ1) is 17.2. The lowest BCUT2D eigenvalue weighted by Gasteiger charge is -2.33. The van der Waals surface area contributed by atoms with E-state index in [1.165, 1.54) is 0 Å². The Hall–Kier alpha value is -2.78. The Kier molecular flexibility index (Phi) is 8.10. The van der Waals surface area contributed by atoms with E-state index in [0.717, 1.165) is 6.42 Å². The standard InChI is InChI=1S/C25H30Cl2N4O5/c1-3-31-19-14-30(11-9-20(32)29-10-5-6-15(13-29)24(34)36-4-2)23(33)21(19)22(28-25(31)35)17-8-7-16(26)12-18(17)27/h7-8,12,15,22H,3-6,9-11,13-14H2,1-2H3,(H,28,35)/t15-,22+/m0/s1. The molecule has 0 unspecified atom stereocenters. The number of halogens is 2. The van der Waals surface area contributed by atoms with E-state index < -0.39 is 6.04 Å². The number of piperidine rings is 1. The lowest BCUT2D eigenvalue weighted by molar-refractivity contribution is -0.151. The van der Waals surface area contributed by atoms with Crippen LogP contribution >= 0.6 is 23.2 Å². The van der Waals surface area contributed by atoms with E-state index in [9.17, 15) is 19.2 Å². The average Bonchev–Trinajstić information content (AvgIpc) is 3.18. The fourth-order valence-electron chi connectivity index (χ4n) is 5.08. The van der Waals surface area contributed by atoms with Crippen LogP contribution in [0.5, 0.6) is 0 Å². The number of ether oxygens (including phenoxy) is 1. The van der Waals surface area contributed by atoms with Crippen molar-refractivity contribution in [3.63, 3.8) is 0 Å². The van der Waals surface area contributed by atoms with Crippen molar-refractivity contribution in [1.29, 1.82) is 0 Å². The summed E-state index contributed by atoms with van der Waals surface area (Å²) >= 11 is 12.5. The van der Waals surface area contributed by atoms with Gasteiger partial charge in [-0.3, -0.25) is 19.3 Å². The Morgan fingerprint density at radius 3 is 2.67 bits per heavy atom. The number of rotatable bonds is 7. The number of benzene rings is 1. The smallest absolute Gasteiger partial charge is 0.322 e. The number of carbonyl (C=O) groups excluding carboxylic acids is 4. The summed E-state index contributed by atoms with van der Waals surface area (Å²) in [7, 11) is 0. The second-order valence-corrected chi connectivity index (χ2v) is 9.90. The molecule has 36 heavy (non-hydrogen) atoms. The van der Waals surface area contributed by atoms with Crippen LogP contribution in [-0.4, -0.2) is 77.8 Å². The van der Waals surface area contributed by atoms with E-state index in [2.05, 4.69) is 5.32 Å². The minimum Gasteiger partial charge on any atom is -0.466 e. The molecule has 3 heterocycles. The Morgan fingerprint density at radius 1 is 1.19 bits per heavy atom. The first-order valence-corrected chi connectivity index (χ1v) is 13.0. The molecular weight excluding hydrogens is 507 g/mol. The van der Waals surface area contributed by atoms with Gasteiger partial charge in [-0.25, -0.2) is 4.79 Å². The minimum absolute atomic E-state index is 0.111. The molecule has 3 aliphatic rings. The van der Waals surface area contributed by atoms with Gasteiger partial charge in [0.05, 0.1) is 36.4 Å². The van der Waals surface area contributed by atoms with Crippen molar-refractivity contribution < 1.29 is 23.9 Å². The molecule has 0 radical (unpaired) electrons. The summed E-state index contributed by atoms with van der Waals surface area (Å²) in [5, 5.41) is 3.70. The second kappa shape index (κ2) is 11.1. The van der Waals surface area contributed by atoms with Gasteiger partial charge in [-0.2, -0.15) is 0 Å². The van der Waals surface area contributed by atoms with Gasteiger partial charge in [-0.15, -0.1) is 0 Å². The Morgan fingerprint density at radius 2 is 1.97 bits per heavy atom. The van der Waals surface area contributed by atoms with Crippen molar-refractivity contribution in [2.45, 2.75) is 39.2 Å². The number of nitrogens with zero attached hydrogens (tertiary/aromatic N) is 3. The highest BCUT2D eigenvalue weighted by Crippen LogP contribution is 2.39. The number of likely N-dealkylation sites (tertiary alicyclic amines) is 1. The summed E-state index contributed by atoms with van der Waals surface area (Å²) in [5.74, 6) is -0.939. The Labute approximate surface area is 220 Å². The highest BCUT2D eigenvalue weighted by atomic mass is 35.5. The molecule has 194 valence electrons. The summed E-state index contributed by atoms with van der Waals surface area (Å²) in [6, 6.07) is 3.93. The van der Waals surface area contributed by atoms with Crippen LogP contribution in [0.4, 0.5) is 4.79 Å². The van der Waals surface area contributed by atoms with Gasteiger partial charge in [0.2, 0.25) is 5.91 Å². The molecule has 3 aliphatic heterocycles. The quantitative estimate of drug-likeness (QED) is 0.538. The molecule has 2 atom stereocenters. The van der Waals surface area contributed by atoms with Crippen LogP contribution in [-0.2, 0) is 19.1 Å². The van der Waals surface area contributed by atoms with E-state index in [-0.39, 0.29) is 49.2 Å². The normalized spacial score (nSPS) is 22.1. The van der Waals surface area contributed by atoms with Crippen molar-refractivity contribution in [2.75, 3.05) is 39.3 Å². The zero-order chi connectivity index (χ0) is 26.0. The van der Waals surface area contributed by atoms with E-state index in [1.54, 1.807) is 39.8 Å². The van der Waals surface area contributed by atoms with Crippen molar-refractivity contribution >= 4 is 47.0 Å². The molecule has 4 amide bonds. The predicted octanol–water partition coefficient (Wildman–Crippen LogP) is 3.37. The van der Waals surface area contributed by atoms with Crippen molar-refractivity contribution in [1.82, 2.24) is 20.0 Å². The van der Waals surface area contributed by atoms with E-state index >= 15 is 0 Å². The Bertz CT molecular complexity index is 1110. The van der Waals surface area contributed by atoms with Crippen LogP contribution < -0.4 is 5.32 Å². The zero-order valence-electron chi connectivity index (χ0n) is 20.4. The van der Waals surface area contributed by atoms with Crippen LogP contribution in [0.3, 0.4) is 0 Å². The third-order valence-electron chi connectivity index (χ3n) is 6.88. The number of amides is 4. The molecule has 11 heteroatoms. The lowest BCUT2D eigenvalue weighted by atomic mass is 9.95. The van der Waals surface area contributed by atoms with Crippen LogP contribution in [0.1, 0.15) is 44.7 Å². The number of esters is 1. The highest BCUT2D eigenvalue weighted by molar-refractivity contribution is 6.35. The number of likely N-dealkylation sites (N-methyl/N-ethyl adjacent to an activating group) is 1. The van der Waals surface area contributed by atoms with Crippen molar-refractivity contribution in [3.05, 3.63) is 45.1 Å². The average molecular weight is 537 g/mol. The number of hydrogen-bond donors (Lipinski definition) is 1. The third kappa shape index (κ3) is 5.18. The maximum absolute atomic E-state index is 13.5. The second-order valence-electron chi connectivity index (χ2n) is 9.06. The van der Waals surface area contributed by atoms with Crippen LogP contribution in [0.2, 0.25) is 10.0 Å². The Balaban J connectivity index is 1.47. The molecule has 1 saturated heterocycles. The molecule has 1 N–H and O–H groups in total. The molecule has 0 aromatic heterocycles. The molecule has 1 fully saturated rings. The van der Waals surface area contributed by atoms with E-state index in [4.69, 9.17) is 27.9 Å². The van der Waals surface area contributed by atoms with E-state index in [1.807, 2.05) is 6.92 Å². The maximum Gasteiger partial charge on any atom is 0.322 e. The fourth-order valence-corrected chi connectivity index (χ4v) is 5.59. The molecule has 0 aliphatic carbocycles. The highest BCUT2D eigenvalue weighted by Gasteiger charge is 2.44. The van der Waals surface area contributed by atoms with Crippen LogP contribution in [0, 0.1) is 5.92 Å². The van der Waals surface area contributed by atoms with Gasteiger partial charge in [-0.1, -0.05) is 29.3 Å². The lowest BCUT2D eigenvalue weighted by Crippen LogP contribution is -2.47. The summed E-state index contributed by atoms with van der Waals surface area (Å²) in [6.07, 6.45) is 1.56. The number of nitrogens with one attached hydrogen (secondary N) is 1. The number of urea groups is 1. The maximum atomic E-state index is 13.5. The van der Waals surface area contributed by atoms with Gasteiger partial charge in [0.15, 0.2) is 0 Å². The summed E-state index contributed by atoms with van der Waals surface area (Å²) in [5.41, 5.74) is 1.66. The molecule has 4 rings (SSSR count). The van der Waals surface area contributed by atoms with Gasteiger partial charge in [0, 0.05) is 42.6 Å². The first-order valence-electron chi connectivity index (χ1n) is 12.2. The van der Waals surface area contributed by atoms with Gasteiger partial charge < -0.3 is 19.9 Å². The molecule has 0 spiro atoms. The molecule has 9 nitrogen and oxygen atoms in total. The summed E-state index contributed by atoms with van der Waals surface area (Å²) < 4.78 is 5.12. The minimum atomic E-state index is -0.708. The largest absolute Gasteiger partial charge is 0.466 e.